The summed E-state index contributed by atoms with van der Waals surface area (Å²) in [4.78, 5) is 30.0. The van der Waals surface area contributed by atoms with Crippen LogP contribution in [-0.4, -0.2) is 77.1 Å². The van der Waals surface area contributed by atoms with E-state index in [0.717, 1.165) is 76.8 Å². The van der Waals surface area contributed by atoms with Gasteiger partial charge < -0.3 is 18.9 Å². The maximum atomic E-state index is 14.5. The van der Waals surface area contributed by atoms with Gasteiger partial charge in [-0.25, -0.2) is 13.1 Å². The number of hydrogen-bond donors (Lipinski definition) is 1. The van der Waals surface area contributed by atoms with Crippen LogP contribution in [0.25, 0.3) is 33.8 Å². The van der Waals surface area contributed by atoms with Gasteiger partial charge in [-0.15, -0.1) is 0 Å². The Balaban J connectivity index is 1.35. The molecule has 4 aliphatic rings. The van der Waals surface area contributed by atoms with Gasteiger partial charge in [0.15, 0.2) is 0 Å². The Bertz CT molecular complexity index is 2240. The highest BCUT2D eigenvalue weighted by molar-refractivity contribution is 7.90. The molecule has 0 spiro atoms. The van der Waals surface area contributed by atoms with E-state index in [2.05, 4.69) is 27.5 Å². The molecule has 11 nitrogen and oxygen atoms in total. The zero-order valence-corrected chi connectivity index (χ0v) is 31.4. The van der Waals surface area contributed by atoms with Crippen molar-refractivity contribution in [3.63, 3.8) is 0 Å². The smallest absolute Gasteiger partial charge is 0.264 e. The fourth-order valence-corrected chi connectivity index (χ4v) is 9.43. The SMILES string of the molecule is CCn1nc(C)c(C(=O)N2C[C@@H]3C[C@@H]2CO3)c1C1=Cc2cc(OC)ccc2-c2c(C3CCCCC3)c3ccc(C(=O)NS(=O)(=O)C(C)C)cc3n2C1. The van der Waals surface area contributed by atoms with Crippen LogP contribution in [0.15, 0.2) is 36.4 Å². The summed E-state index contributed by atoms with van der Waals surface area (Å²) in [5.74, 6) is 0.368. The number of allylic oxidation sites excluding steroid dienone is 1. The Morgan fingerprint density at radius 3 is 2.54 bits per heavy atom. The van der Waals surface area contributed by atoms with E-state index in [1.807, 2.05) is 41.6 Å². The van der Waals surface area contributed by atoms with Crippen molar-refractivity contribution in [1.29, 1.82) is 0 Å². The third kappa shape index (κ3) is 5.74. The van der Waals surface area contributed by atoms with Crippen LogP contribution in [0.4, 0.5) is 0 Å². The molecular formula is C40H47N5O6S. The van der Waals surface area contributed by atoms with Crippen LogP contribution >= 0.6 is 0 Å². The Hall–Kier alpha value is -4.42. The number of hydrogen-bond acceptors (Lipinski definition) is 7. The lowest BCUT2D eigenvalue weighted by atomic mass is 9.81. The summed E-state index contributed by atoms with van der Waals surface area (Å²) in [6.07, 6.45) is 8.73. The highest BCUT2D eigenvalue weighted by Gasteiger charge is 2.43. The first-order chi connectivity index (χ1) is 25.0. The summed E-state index contributed by atoms with van der Waals surface area (Å²) in [6.45, 7) is 9.16. The molecule has 1 saturated carbocycles. The van der Waals surface area contributed by atoms with Crippen LogP contribution < -0.4 is 9.46 Å². The van der Waals surface area contributed by atoms with Crippen molar-refractivity contribution in [2.75, 3.05) is 20.3 Å². The highest BCUT2D eigenvalue weighted by Crippen LogP contribution is 2.48. The van der Waals surface area contributed by atoms with Crippen molar-refractivity contribution in [2.24, 2.45) is 0 Å². The predicted molar refractivity (Wildman–Crippen MR) is 201 cm³/mol. The molecule has 2 bridgehead atoms. The topological polar surface area (TPSA) is 125 Å². The van der Waals surface area contributed by atoms with Crippen LogP contribution in [-0.2, 0) is 27.8 Å². The number of likely N-dealkylation sites (tertiary alicyclic amines) is 1. The molecule has 8 rings (SSSR count). The number of morpholine rings is 1. The van der Waals surface area contributed by atoms with Crippen molar-refractivity contribution < 1.29 is 27.5 Å². The summed E-state index contributed by atoms with van der Waals surface area (Å²) >= 11 is 0. The first-order valence-corrected chi connectivity index (χ1v) is 20.1. The summed E-state index contributed by atoms with van der Waals surface area (Å²) in [5.41, 5.74) is 8.47. The molecule has 274 valence electrons. The average molecular weight is 726 g/mol. The third-order valence-corrected chi connectivity index (χ3v) is 13.2. The van der Waals surface area contributed by atoms with Crippen LogP contribution in [0, 0.1) is 6.92 Å². The molecule has 3 fully saturated rings. The monoisotopic (exact) mass is 725 g/mol. The largest absolute Gasteiger partial charge is 0.497 e. The number of nitrogens with zero attached hydrogens (tertiary/aromatic N) is 4. The number of benzene rings is 2. The van der Waals surface area contributed by atoms with Crippen LogP contribution in [0.2, 0.25) is 0 Å². The number of nitrogens with one attached hydrogen (secondary N) is 1. The molecule has 52 heavy (non-hydrogen) atoms. The molecule has 1 N–H and O–H groups in total. The number of carbonyl (C=O) groups excluding carboxylic acids is 2. The summed E-state index contributed by atoms with van der Waals surface area (Å²) in [5, 5.41) is 5.21. The molecule has 0 unspecified atom stereocenters. The molecule has 2 aromatic heterocycles. The second-order valence-electron chi connectivity index (χ2n) is 15.0. The maximum absolute atomic E-state index is 14.5. The molecule has 3 aliphatic heterocycles. The molecule has 1 aliphatic carbocycles. The molecule has 2 saturated heterocycles. The van der Waals surface area contributed by atoms with Gasteiger partial charge in [0, 0.05) is 35.1 Å². The van der Waals surface area contributed by atoms with E-state index in [9.17, 15) is 18.0 Å². The van der Waals surface area contributed by atoms with Crippen molar-refractivity contribution in [1.82, 2.24) is 24.0 Å². The van der Waals surface area contributed by atoms with Crippen LogP contribution in [0.1, 0.15) is 108 Å². The lowest BCUT2D eigenvalue weighted by molar-refractivity contribution is 0.0258. The number of aromatic nitrogens is 3. The maximum Gasteiger partial charge on any atom is 0.264 e. The fourth-order valence-electron chi connectivity index (χ4n) is 8.82. The van der Waals surface area contributed by atoms with E-state index in [1.165, 1.54) is 12.0 Å². The summed E-state index contributed by atoms with van der Waals surface area (Å²) < 4.78 is 43.6. The number of ether oxygens (including phenoxy) is 2. The Kier molecular flexibility index (Phi) is 8.81. The van der Waals surface area contributed by atoms with E-state index >= 15 is 0 Å². The van der Waals surface area contributed by atoms with E-state index in [0.29, 0.717) is 43.4 Å². The minimum Gasteiger partial charge on any atom is -0.497 e. The second kappa shape index (κ2) is 13.2. The molecule has 2 amide bonds. The molecule has 0 radical (unpaired) electrons. The number of amides is 2. The molecule has 12 heteroatoms. The van der Waals surface area contributed by atoms with E-state index < -0.39 is 21.2 Å². The number of aryl methyl sites for hydroxylation is 2. The highest BCUT2D eigenvalue weighted by atomic mass is 32.2. The number of carbonyl (C=O) groups is 2. The van der Waals surface area contributed by atoms with Gasteiger partial charge in [-0.05, 0) is 106 Å². The predicted octanol–water partition coefficient (Wildman–Crippen LogP) is 6.52. The molecule has 2 atom stereocenters. The quantitative estimate of drug-likeness (QED) is 0.219. The summed E-state index contributed by atoms with van der Waals surface area (Å²) in [7, 11) is -2.17. The van der Waals surface area contributed by atoms with Gasteiger partial charge in [-0.3, -0.25) is 14.3 Å². The van der Waals surface area contributed by atoms with Gasteiger partial charge >= 0.3 is 0 Å². The van der Waals surface area contributed by atoms with Crippen LogP contribution in [0.3, 0.4) is 0 Å². The fraction of sp³-hybridized carbons (Fsp3) is 0.475. The zero-order chi connectivity index (χ0) is 36.5. The number of sulfonamides is 1. The number of fused-ring (bicyclic) bond motifs is 7. The van der Waals surface area contributed by atoms with Crippen molar-refractivity contribution in [3.05, 3.63) is 70.0 Å². The van der Waals surface area contributed by atoms with Gasteiger partial charge in [-0.2, -0.15) is 5.10 Å². The number of methoxy groups -OCH3 is 1. The lowest BCUT2D eigenvalue weighted by Crippen LogP contribution is -2.42. The van der Waals surface area contributed by atoms with E-state index in [1.54, 1.807) is 27.0 Å². The Labute approximate surface area is 305 Å². The van der Waals surface area contributed by atoms with Gasteiger partial charge in [0.05, 0.1) is 60.3 Å². The van der Waals surface area contributed by atoms with Crippen LogP contribution in [0.5, 0.6) is 5.75 Å². The van der Waals surface area contributed by atoms with Crippen molar-refractivity contribution >= 4 is 44.4 Å². The second-order valence-corrected chi connectivity index (χ2v) is 17.2. The zero-order valence-electron chi connectivity index (χ0n) is 30.6. The minimum absolute atomic E-state index is 0.0233. The van der Waals surface area contributed by atoms with Gasteiger partial charge in [-0.1, -0.05) is 25.3 Å². The van der Waals surface area contributed by atoms with Gasteiger partial charge in [0.25, 0.3) is 11.8 Å². The molecular weight excluding hydrogens is 679 g/mol. The third-order valence-electron chi connectivity index (χ3n) is 11.5. The lowest BCUT2D eigenvalue weighted by Gasteiger charge is -2.27. The van der Waals surface area contributed by atoms with Gasteiger partial charge in [0.2, 0.25) is 10.0 Å². The number of rotatable bonds is 8. The molecule has 4 aromatic rings. The Morgan fingerprint density at radius 1 is 1.08 bits per heavy atom. The minimum atomic E-state index is -3.83. The molecule has 2 aromatic carbocycles. The van der Waals surface area contributed by atoms with E-state index in [4.69, 9.17) is 14.6 Å². The first kappa shape index (κ1) is 34.7. The summed E-state index contributed by atoms with van der Waals surface area (Å²) in [6, 6.07) is 11.8. The van der Waals surface area contributed by atoms with E-state index in [-0.39, 0.29) is 23.6 Å². The van der Waals surface area contributed by atoms with Gasteiger partial charge in [0.1, 0.15) is 5.75 Å². The standard InChI is InChI=1S/C40H47N5O6S/c1-6-45-37(35(24(4)41-45)40(47)43-21-31-19-29(43)22-51-31)28-16-27-17-30(50-5)13-15-32(27)38-36(25-10-8-7-9-11-25)33-14-12-26(18-34(33)44(38)20-28)39(46)42-52(48,49)23(2)3/h12-18,23,25,29,31H,6-11,19-22H2,1-5H3,(H,42,46)/t29-,31+/m1/s1. The van der Waals surface area contributed by atoms with Crippen molar-refractivity contribution in [3.8, 4) is 17.0 Å². The normalized spacial score (nSPS) is 20.2. The molecule has 5 heterocycles. The first-order valence-electron chi connectivity index (χ1n) is 18.6. The Morgan fingerprint density at radius 2 is 1.87 bits per heavy atom. The van der Waals surface area contributed by atoms with Crippen molar-refractivity contribution in [2.45, 2.75) is 103 Å². The average Bonchev–Trinajstić information content (AvgIpc) is 3.90.